The number of Topliss-reactive ketones (excluding diaryl/α,β-unsaturated/α-hetero) is 1. The van der Waals surface area contributed by atoms with E-state index in [1.54, 1.807) is 12.1 Å². The van der Waals surface area contributed by atoms with E-state index in [2.05, 4.69) is 0 Å². The maximum absolute atomic E-state index is 11.6. The van der Waals surface area contributed by atoms with Crippen molar-refractivity contribution in [1.29, 1.82) is 0 Å². The number of benzene rings is 1. The molecule has 0 unspecified atom stereocenters. The first-order chi connectivity index (χ1) is 7.72. The number of hydrogen-bond donors (Lipinski definition) is 0. The Hall–Kier alpha value is -1.84. The average molecular weight is 220 g/mol. The third-order valence-electron chi connectivity index (χ3n) is 2.46. The summed E-state index contributed by atoms with van der Waals surface area (Å²) in [5, 5.41) is 0. The van der Waals surface area contributed by atoms with Crippen molar-refractivity contribution < 1.29 is 19.1 Å². The van der Waals surface area contributed by atoms with Crippen molar-refractivity contribution in [1.82, 2.24) is 0 Å². The molecular formula is C12H12O4. The van der Waals surface area contributed by atoms with Gasteiger partial charge < -0.3 is 14.3 Å². The Kier molecular flexibility index (Phi) is 2.90. The van der Waals surface area contributed by atoms with Crippen LogP contribution in [0.15, 0.2) is 12.1 Å². The van der Waals surface area contributed by atoms with Gasteiger partial charge in [0.1, 0.15) is 19.5 Å². The number of ether oxygens (including phenoxy) is 2. The summed E-state index contributed by atoms with van der Waals surface area (Å²) in [6.07, 6.45) is 0.513. The second-order valence-electron chi connectivity index (χ2n) is 3.60. The van der Waals surface area contributed by atoms with E-state index in [9.17, 15) is 9.59 Å². The van der Waals surface area contributed by atoms with Gasteiger partial charge in [-0.05, 0) is 24.6 Å². The van der Waals surface area contributed by atoms with Crippen LogP contribution < -0.4 is 9.47 Å². The zero-order chi connectivity index (χ0) is 11.5. The number of hydrogen-bond acceptors (Lipinski definition) is 4. The first-order valence-corrected chi connectivity index (χ1v) is 5.09. The maximum Gasteiger partial charge on any atom is 0.170 e. The molecule has 1 aromatic rings. The molecule has 0 atom stereocenters. The Labute approximate surface area is 93.2 Å². The van der Waals surface area contributed by atoms with Crippen LogP contribution in [0.25, 0.3) is 0 Å². The number of aldehydes is 1. The van der Waals surface area contributed by atoms with Crippen molar-refractivity contribution in [2.45, 2.75) is 13.3 Å². The minimum absolute atomic E-state index is 0.0967. The second-order valence-corrected chi connectivity index (χ2v) is 3.60. The molecule has 1 aliphatic rings. The molecule has 0 spiro atoms. The summed E-state index contributed by atoms with van der Waals surface area (Å²) >= 11 is 0. The van der Waals surface area contributed by atoms with Crippen LogP contribution in [-0.4, -0.2) is 25.3 Å². The predicted molar refractivity (Wildman–Crippen MR) is 57.2 cm³/mol. The highest BCUT2D eigenvalue weighted by Crippen LogP contribution is 2.33. The normalized spacial score (nSPS) is 13.3. The molecule has 4 heteroatoms. The fourth-order valence-electron chi connectivity index (χ4n) is 1.68. The minimum Gasteiger partial charge on any atom is -0.486 e. The third-order valence-corrected chi connectivity index (χ3v) is 2.46. The highest BCUT2D eigenvalue weighted by Gasteiger charge is 2.17. The lowest BCUT2D eigenvalue weighted by atomic mass is 10.0. The van der Waals surface area contributed by atoms with E-state index in [-0.39, 0.29) is 12.2 Å². The van der Waals surface area contributed by atoms with E-state index < -0.39 is 0 Å². The lowest BCUT2D eigenvalue weighted by Crippen LogP contribution is -2.16. The van der Waals surface area contributed by atoms with Gasteiger partial charge in [-0.25, -0.2) is 0 Å². The van der Waals surface area contributed by atoms with Crippen LogP contribution in [-0.2, 0) is 4.79 Å². The van der Waals surface area contributed by atoms with Gasteiger partial charge in [-0.1, -0.05) is 0 Å². The van der Waals surface area contributed by atoms with E-state index in [0.29, 0.717) is 36.6 Å². The standard InChI is InChI=1S/C12H12O4/c1-8-6-11-12(16-5-4-15-11)7-9(8)10(14)2-3-13/h3,6-7H,2,4-5H2,1H3. The predicted octanol–water partition coefficient (Wildman–Crippen LogP) is 1.54. The monoisotopic (exact) mass is 220 g/mol. The molecule has 0 radical (unpaired) electrons. The van der Waals surface area contributed by atoms with Crippen molar-refractivity contribution in [2.24, 2.45) is 0 Å². The third kappa shape index (κ3) is 1.91. The van der Waals surface area contributed by atoms with Gasteiger partial charge in [0.05, 0.1) is 6.42 Å². The topological polar surface area (TPSA) is 52.6 Å². The van der Waals surface area contributed by atoms with Crippen LogP contribution in [0.5, 0.6) is 11.5 Å². The van der Waals surface area contributed by atoms with Crippen LogP contribution >= 0.6 is 0 Å². The van der Waals surface area contributed by atoms with Crippen molar-refractivity contribution in [3.05, 3.63) is 23.3 Å². The van der Waals surface area contributed by atoms with E-state index in [4.69, 9.17) is 9.47 Å². The fraction of sp³-hybridized carbons (Fsp3) is 0.333. The van der Waals surface area contributed by atoms with Gasteiger partial charge in [0.2, 0.25) is 0 Å². The largest absolute Gasteiger partial charge is 0.486 e. The molecule has 0 aliphatic carbocycles. The fourth-order valence-corrected chi connectivity index (χ4v) is 1.68. The Bertz CT molecular complexity index is 437. The van der Waals surface area contributed by atoms with Crippen LogP contribution in [0.4, 0.5) is 0 Å². The molecule has 0 saturated carbocycles. The number of aryl methyl sites for hydroxylation is 1. The zero-order valence-electron chi connectivity index (χ0n) is 8.99. The molecule has 0 amide bonds. The van der Waals surface area contributed by atoms with E-state index in [1.165, 1.54) is 0 Å². The Balaban J connectivity index is 2.39. The van der Waals surface area contributed by atoms with Gasteiger partial charge in [-0.15, -0.1) is 0 Å². The Morgan fingerprint density at radius 3 is 2.56 bits per heavy atom. The van der Waals surface area contributed by atoms with Crippen molar-refractivity contribution >= 4 is 12.1 Å². The molecule has 0 saturated heterocycles. The number of rotatable bonds is 3. The Morgan fingerprint density at radius 2 is 1.94 bits per heavy atom. The molecule has 84 valence electrons. The molecule has 1 heterocycles. The van der Waals surface area contributed by atoms with Gasteiger partial charge in [0, 0.05) is 5.56 Å². The number of fused-ring (bicyclic) bond motifs is 1. The van der Waals surface area contributed by atoms with Gasteiger partial charge in [0.15, 0.2) is 17.3 Å². The van der Waals surface area contributed by atoms with Crippen LogP contribution in [0.3, 0.4) is 0 Å². The first-order valence-electron chi connectivity index (χ1n) is 5.09. The molecule has 4 nitrogen and oxygen atoms in total. The summed E-state index contributed by atoms with van der Waals surface area (Å²) in [6, 6.07) is 3.42. The van der Waals surface area contributed by atoms with Crippen LogP contribution in [0.2, 0.25) is 0 Å². The lowest BCUT2D eigenvalue weighted by molar-refractivity contribution is -0.107. The summed E-state index contributed by atoms with van der Waals surface area (Å²) < 4.78 is 10.8. The van der Waals surface area contributed by atoms with E-state index in [0.717, 1.165) is 5.56 Å². The van der Waals surface area contributed by atoms with E-state index in [1.807, 2.05) is 6.92 Å². The molecule has 16 heavy (non-hydrogen) atoms. The van der Waals surface area contributed by atoms with Gasteiger partial charge in [0.25, 0.3) is 0 Å². The average Bonchev–Trinajstić information content (AvgIpc) is 2.28. The number of ketones is 1. The number of carbonyl (C=O) groups is 2. The lowest BCUT2D eigenvalue weighted by Gasteiger charge is -2.19. The summed E-state index contributed by atoms with van der Waals surface area (Å²) in [5.74, 6) is 1.04. The zero-order valence-corrected chi connectivity index (χ0v) is 8.99. The first kappa shape index (κ1) is 10.7. The second kappa shape index (κ2) is 4.35. The molecule has 2 rings (SSSR count). The molecule has 0 fully saturated rings. The minimum atomic E-state index is -0.190. The molecule has 1 aliphatic heterocycles. The summed E-state index contributed by atoms with van der Waals surface area (Å²) in [7, 11) is 0. The highest BCUT2D eigenvalue weighted by molar-refractivity contribution is 6.04. The SMILES string of the molecule is Cc1cc2c(cc1C(=O)CC=O)OCCO2. The molecule has 1 aromatic carbocycles. The van der Waals surface area contributed by atoms with E-state index >= 15 is 0 Å². The smallest absolute Gasteiger partial charge is 0.170 e. The molecule has 0 bridgehead atoms. The molecular weight excluding hydrogens is 208 g/mol. The van der Waals surface area contributed by atoms with Crippen LogP contribution in [0, 0.1) is 6.92 Å². The molecule has 0 aromatic heterocycles. The summed E-state index contributed by atoms with van der Waals surface area (Å²) in [5.41, 5.74) is 1.33. The highest BCUT2D eigenvalue weighted by atomic mass is 16.6. The van der Waals surface area contributed by atoms with Gasteiger partial charge in [-0.2, -0.15) is 0 Å². The quantitative estimate of drug-likeness (QED) is 0.440. The maximum atomic E-state index is 11.6. The van der Waals surface area contributed by atoms with Crippen molar-refractivity contribution in [3.8, 4) is 11.5 Å². The van der Waals surface area contributed by atoms with Crippen molar-refractivity contribution in [2.75, 3.05) is 13.2 Å². The van der Waals surface area contributed by atoms with Gasteiger partial charge >= 0.3 is 0 Å². The summed E-state index contributed by atoms with van der Waals surface area (Å²) in [6.45, 7) is 2.82. The van der Waals surface area contributed by atoms with Crippen molar-refractivity contribution in [3.63, 3.8) is 0 Å². The van der Waals surface area contributed by atoms with Gasteiger partial charge in [-0.3, -0.25) is 4.79 Å². The molecule has 0 N–H and O–H groups in total. The van der Waals surface area contributed by atoms with Crippen LogP contribution in [0.1, 0.15) is 22.3 Å². The Morgan fingerprint density at radius 1 is 1.31 bits per heavy atom. The summed E-state index contributed by atoms with van der Waals surface area (Å²) in [4.78, 5) is 21.9. The number of carbonyl (C=O) groups excluding carboxylic acids is 2.